The number of hydrogen-bond acceptors (Lipinski definition) is 4. The Morgan fingerprint density at radius 2 is 2.47 bits per heavy atom. The summed E-state index contributed by atoms with van der Waals surface area (Å²) in [6.07, 6.45) is 1.90. The van der Waals surface area contributed by atoms with Gasteiger partial charge in [-0.3, -0.25) is 10.5 Å². The average molecular weight is 287 g/mol. The molecule has 0 spiro atoms. The van der Waals surface area contributed by atoms with E-state index in [0.717, 1.165) is 15.0 Å². The first-order chi connectivity index (χ1) is 7.20. The summed E-state index contributed by atoms with van der Waals surface area (Å²) < 4.78 is 2.86. The minimum Gasteiger partial charge on any atom is -0.275 e. The first-order valence-corrected chi connectivity index (χ1v) is 6.07. The van der Waals surface area contributed by atoms with Gasteiger partial charge in [0.1, 0.15) is 0 Å². The molecule has 0 aliphatic rings. The molecule has 0 aliphatic carbocycles. The van der Waals surface area contributed by atoms with Gasteiger partial charge < -0.3 is 0 Å². The summed E-state index contributed by atoms with van der Waals surface area (Å²) in [5.41, 5.74) is 4.81. The van der Waals surface area contributed by atoms with Crippen LogP contribution in [0.1, 0.15) is 17.3 Å². The molecular formula is C9H11BrN4S. The van der Waals surface area contributed by atoms with Gasteiger partial charge in [-0.1, -0.05) is 0 Å². The predicted octanol–water partition coefficient (Wildman–Crippen LogP) is 1.80. The molecule has 2 heterocycles. The summed E-state index contributed by atoms with van der Waals surface area (Å²) in [5, 5.41) is 6.39. The van der Waals surface area contributed by atoms with Gasteiger partial charge in [0.25, 0.3) is 0 Å². The second-order valence-corrected chi connectivity index (χ2v) is 5.49. The molecule has 3 N–H and O–H groups in total. The Kier molecular flexibility index (Phi) is 3.20. The van der Waals surface area contributed by atoms with E-state index in [1.54, 1.807) is 16.0 Å². The van der Waals surface area contributed by atoms with Gasteiger partial charge in [0.15, 0.2) is 0 Å². The molecule has 0 fully saturated rings. The number of nitrogens with one attached hydrogen (secondary N) is 1. The second-order valence-electron chi connectivity index (χ2n) is 3.20. The lowest BCUT2D eigenvalue weighted by molar-refractivity contribution is 0.605. The molecule has 15 heavy (non-hydrogen) atoms. The maximum Gasteiger partial charge on any atom is 0.0908 e. The van der Waals surface area contributed by atoms with Gasteiger partial charge in [-0.05, 0) is 39.0 Å². The molecular weight excluding hydrogens is 276 g/mol. The van der Waals surface area contributed by atoms with E-state index in [0.29, 0.717) is 0 Å². The van der Waals surface area contributed by atoms with Crippen LogP contribution in [-0.4, -0.2) is 9.78 Å². The molecule has 0 aliphatic heterocycles. The Morgan fingerprint density at radius 1 is 1.67 bits per heavy atom. The minimum atomic E-state index is -0.0475. The van der Waals surface area contributed by atoms with Crippen LogP contribution in [0.5, 0.6) is 0 Å². The van der Waals surface area contributed by atoms with Gasteiger partial charge in [-0.2, -0.15) is 5.10 Å². The number of nitrogens with two attached hydrogens (primary N) is 1. The normalized spacial score (nSPS) is 13.0. The lowest BCUT2D eigenvalue weighted by atomic mass is 10.1. The molecule has 0 amide bonds. The summed E-state index contributed by atoms with van der Waals surface area (Å²) in [4.78, 5) is 0. The highest BCUT2D eigenvalue weighted by molar-refractivity contribution is 9.11. The SMILES string of the molecule is Cn1ccc(C(NN)c2csc(Br)c2)n1. The Bertz CT molecular complexity index is 410. The standard InChI is InChI=1S/C9H11BrN4S/c1-14-3-2-7(13-14)9(12-11)6-4-8(10)15-5-6/h2-5,9,12H,11H2,1H3. The van der Waals surface area contributed by atoms with E-state index in [1.807, 2.05) is 25.4 Å². The van der Waals surface area contributed by atoms with E-state index in [4.69, 9.17) is 5.84 Å². The van der Waals surface area contributed by atoms with Crippen molar-refractivity contribution in [3.63, 3.8) is 0 Å². The summed E-state index contributed by atoms with van der Waals surface area (Å²) in [6, 6.07) is 3.95. The third-order valence-corrected chi connectivity index (χ3v) is 3.64. The number of aromatic nitrogens is 2. The molecule has 0 saturated carbocycles. The molecule has 1 unspecified atom stereocenters. The van der Waals surface area contributed by atoms with E-state index < -0.39 is 0 Å². The number of nitrogens with zero attached hydrogens (tertiary/aromatic N) is 2. The highest BCUT2D eigenvalue weighted by Gasteiger charge is 2.16. The minimum absolute atomic E-state index is 0.0475. The van der Waals surface area contributed by atoms with Crippen LogP contribution < -0.4 is 11.3 Å². The summed E-state index contributed by atoms with van der Waals surface area (Å²) in [6.45, 7) is 0. The highest BCUT2D eigenvalue weighted by Crippen LogP contribution is 2.27. The van der Waals surface area contributed by atoms with E-state index in [1.165, 1.54) is 0 Å². The van der Waals surface area contributed by atoms with Crippen LogP contribution in [0.2, 0.25) is 0 Å². The lowest BCUT2D eigenvalue weighted by Crippen LogP contribution is -2.28. The fourth-order valence-electron chi connectivity index (χ4n) is 1.41. The van der Waals surface area contributed by atoms with Crippen molar-refractivity contribution in [2.24, 2.45) is 12.9 Å². The molecule has 2 rings (SSSR count). The van der Waals surface area contributed by atoms with Crippen molar-refractivity contribution in [1.82, 2.24) is 15.2 Å². The molecule has 4 nitrogen and oxygen atoms in total. The number of aryl methyl sites for hydroxylation is 1. The quantitative estimate of drug-likeness (QED) is 0.668. The topological polar surface area (TPSA) is 55.9 Å². The maximum absolute atomic E-state index is 5.55. The van der Waals surface area contributed by atoms with Gasteiger partial charge in [-0.15, -0.1) is 11.3 Å². The van der Waals surface area contributed by atoms with Crippen LogP contribution in [0, 0.1) is 0 Å². The van der Waals surface area contributed by atoms with Crippen LogP contribution in [0.3, 0.4) is 0 Å². The van der Waals surface area contributed by atoms with Crippen molar-refractivity contribution in [2.75, 3.05) is 0 Å². The Labute approximate surface area is 100 Å². The Hall–Kier alpha value is -0.690. The van der Waals surface area contributed by atoms with Gasteiger partial charge in [-0.25, -0.2) is 5.43 Å². The van der Waals surface area contributed by atoms with Crippen molar-refractivity contribution in [3.05, 3.63) is 38.8 Å². The van der Waals surface area contributed by atoms with Crippen molar-refractivity contribution in [1.29, 1.82) is 0 Å². The first-order valence-electron chi connectivity index (χ1n) is 4.40. The molecule has 2 aromatic heterocycles. The van der Waals surface area contributed by atoms with Gasteiger partial charge >= 0.3 is 0 Å². The third kappa shape index (κ3) is 2.28. The molecule has 2 aromatic rings. The molecule has 6 heteroatoms. The second kappa shape index (κ2) is 4.44. The molecule has 0 aromatic carbocycles. The maximum atomic E-state index is 5.55. The third-order valence-electron chi connectivity index (χ3n) is 2.12. The monoisotopic (exact) mass is 286 g/mol. The highest BCUT2D eigenvalue weighted by atomic mass is 79.9. The van der Waals surface area contributed by atoms with E-state index in [2.05, 4.69) is 31.8 Å². The van der Waals surface area contributed by atoms with Crippen LogP contribution in [-0.2, 0) is 7.05 Å². The number of hydrogen-bond donors (Lipinski definition) is 2. The Balaban J connectivity index is 2.32. The summed E-state index contributed by atoms with van der Waals surface area (Å²) in [7, 11) is 1.89. The molecule has 1 atom stereocenters. The van der Waals surface area contributed by atoms with Crippen molar-refractivity contribution >= 4 is 27.3 Å². The number of halogens is 1. The summed E-state index contributed by atoms with van der Waals surface area (Å²) >= 11 is 5.07. The van der Waals surface area contributed by atoms with E-state index in [-0.39, 0.29) is 6.04 Å². The van der Waals surface area contributed by atoms with Crippen molar-refractivity contribution in [2.45, 2.75) is 6.04 Å². The number of rotatable bonds is 3. The van der Waals surface area contributed by atoms with Gasteiger partial charge in [0.2, 0.25) is 0 Å². The molecule has 80 valence electrons. The lowest BCUT2D eigenvalue weighted by Gasteiger charge is -2.11. The fourth-order valence-corrected chi connectivity index (χ4v) is 2.62. The number of hydrazine groups is 1. The average Bonchev–Trinajstić information content (AvgIpc) is 2.78. The fraction of sp³-hybridized carbons (Fsp3) is 0.222. The molecule has 0 bridgehead atoms. The van der Waals surface area contributed by atoms with Crippen LogP contribution in [0.15, 0.2) is 27.5 Å². The zero-order valence-electron chi connectivity index (χ0n) is 8.14. The van der Waals surface area contributed by atoms with E-state index in [9.17, 15) is 0 Å². The molecule has 0 radical (unpaired) electrons. The van der Waals surface area contributed by atoms with Crippen molar-refractivity contribution in [3.8, 4) is 0 Å². The number of thiophene rings is 1. The van der Waals surface area contributed by atoms with Crippen LogP contribution in [0.25, 0.3) is 0 Å². The predicted molar refractivity (Wildman–Crippen MR) is 64.4 cm³/mol. The van der Waals surface area contributed by atoms with E-state index >= 15 is 0 Å². The largest absolute Gasteiger partial charge is 0.275 e. The van der Waals surface area contributed by atoms with Gasteiger partial charge in [0.05, 0.1) is 15.5 Å². The molecule has 0 saturated heterocycles. The van der Waals surface area contributed by atoms with Crippen molar-refractivity contribution < 1.29 is 0 Å². The zero-order valence-corrected chi connectivity index (χ0v) is 10.5. The zero-order chi connectivity index (χ0) is 10.8. The van der Waals surface area contributed by atoms with Gasteiger partial charge in [0, 0.05) is 13.2 Å². The van der Waals surface area contributed by atoms with Crippen LogP contribution >= 0.6 is 27.3 Å². The van der Waals surface area contributed by atoms with Crippen LogP contribution in [0.4, 0.5) is 0 Å². The first kappa shape index (κ1) is 10.8. The Morgan fingerprint density at radius 3 is 2.93 bits per heavy atom. The smallest absolute Gasteiger partial charge is 0.0908 e. The summed E-state index contributed by atoms with van der Waals surface area (Å²) in [5.74, 6) is 5.55.